The van der Waals surface area contributed by atoms with Crippen molar-refractivity contribution in [2.24, 2.45) is 0 Å². The number of hydrogen-bond acceptors (Lipinski definition) is 4. The van der Waals surface area contributed by atoms with Crippen LogP contribution in [-0.2, 0) is 4.79 Å². The van der Waals surface area contributed by atoms with E-state index in [2.05, 4.69) is 22.5 Å². The molecule has 1 fully saturated rings. The predicted octanol–water partition coefficient (Wildman–Crippen LogP) is 0.264. The zero-order valence-electron chi connectivity index (χ0n) is 11.6. The van der Waals surface area contributed by atoms with E-state index in [4.69, 9.17) is 0 Å². The van der Waals surface area contributed by atoms with Crippen LogP contribution in [0.3, 0.4) is 0 Å². The van der Waals surface area contributed by atoms with Crippen LogP contribution in [0.5, 0.6) is 0 Å². The highest BCUT2D eigenvalue weighted by Crippen LogP contribution is 2.13. The van der Waals surface area contributed by atoms with Gasteiger partial charge in [-0.05, 0) is 30.7 Å². The van der Waals surface area contributed by atoms with Crippen LogP contribution in [0, 0.1) is 0 Å². The third-order valence-corrected chi connectivity index (χ3v) is 3.25. The number of β-amino-alcohol motifs (C(OH)–C–C–N with tert-alkyl or cyclic N) is 1. The van der Waals surface area contributed by atoms with Gasteiger partial charge < -0.3 is 21.1 Å². The van der Waals surface area contributed by atoms with Crippen molar-refractivity contribution in [3.05, 3.63) is 42.5 Å². The average Bonchev–Trinajstić information content (AvgIpc) is 2.92. The molecule has 1 saturated heterocycles. The summed E-state index contributed by atoms with van der Waals surface area (Å²) < 4.78 is 0. The molecule has 1 aromatic carbocycles. The summed E-state index contributed by atoms with van der Waals surface area (Å²) in [6.45, 7) is 4.37. The normalized spacial score (nSPS) is 20.8. The van der Waals surface area contributed by atoms with E-state index in [0.717, 1.165) is 0 Å². The second kappa shape index (κ2) is 7.01. The fraction of sp³-hybridized carbons (Fsp3) is 0.333. The summed E-state index contributed by atoms with van der Waals surface area (Å²) in [6, 6.07) is 6.25. The van der Waals surface area contributed by atoms with Crippen LogP contribution >= 0.6 is 0 Å². The third-order valence-electron chi connectivity index (χ3n) is 3.25. The third kappa shape index (κ3) is 4.14. The first kappa shape index (κ1) is 15.2. The molecule has 0 bridgehead atoms. The maximum atomic E-state index is 11.9. The van der Waals surface area contributed by atoms with Gasteiger partial charge in [0, 0.05) is 24.3 Å². The molecule has 0 spiro atoms. The molecule has 2 unspecified atom stereocenters. The summed E-state index contributed by atoms with van der Waals surface area (Å²) >= 11 is 0. The quantitative estimate of drug-likeness (QED) is 0.585. The number of amides is 2. The van der Waals surface area contributed by atoms with Gasteiger partial charge in [-0.3, -0.25) is 9.59 Å². The van der Waals surface area contributed by atoms with Gasteiger partial charge in [0.25, 0.3) is 5.91 Å². The molecule has 2 amide bonds. The molecule has 1 aliphatic heterocycles. The zero-order valence-corrected chi connectivity index (χ0v) is 11.6. The Kier molecular flexibility index (Phi) is 5.08. The molecule has 6 nitrogen and oxygen atoms in total. The van der Waals surface area contributed by atoms with Crippen LogP contribution in [0.2, 0.25) is 0 Å². The van der Waals surface area contributed by atoms with Gasteiger partial charge in [-0.15, -0.1) is 6.58 Å². The monoisotopic (exact) mass is 289 g/mol. The minimum absolute atomic E-state index is 0.185. The van der Waals surface area contributed by atoms with Gasteiger partial charge in [0.1, 0.15) is 0 Å². The molecule has 0 aliphatic carbocycles. The first-order valence-corrected chi connectivity index (χ1v) is 6.81. The van der Waals surface area contributed by atoms with E-state index in [9.17, 15) is 14.7 Å². The fourth-order valence-corrected chi connectivity index (χ4v) is 2.12. The number of hydrogen-bond donors (Lipinski definition) is 4. The zero-order chi connectivity index (χ0) is 15.2. The molecule has 112 valence electrons. The fourth-order valence-electron chi connectivity index (χ4n) is 2.12. The number of aliphatic hydroxyl groups excluding tert-OH is 1. The largest absolute Gasteiger partial charge is 0.392 e. The number of carbonyl (C=O) groups excluding carboxylic acids is 2. The van der Waals surface area contributed by atoms with E-state index in [1.54, 1.807) is 30.3 Å². The highest BCUT2D eigenvalue weighted by molar-refractivity contribution is 5.97. The molecule has 0 radical (unpaired) electrons. The Hall–Kier alpha value is -2.18. The molecule has 2 atom stereocenters. The maximum absolute atomic E-state index is 11.9. The van der Waals surface area contributed by atoms with Gasteiger partial charge >= 0.3 is 0 Å². The molecular formula is C15H19N3O3. The summed E-state index contributed by atoms with van der Waals surface area (Å²) in [5.41, 5.74) is 1.13. The number of rotatable bonds is 5. The van der Waals surface area contributed by atoms with Gasteiger partial charge in [-0.25, -0.2) is 0 Å². The van der Waals surface area contributed by atoms with Gasteiger partial charge in [-0.1, -0.05) is 6.08 Å². The Balaban J connectivity index is 1.91. The molecule has 1 heterocycles. The van der Waals surface area contributed by atoms with Crippen molar-refractivity contribution in [1.82, 2.24) is 10.6 Å². The molecule has 4 N–H and O–H groups in total. The van der Waals surface area contributed by atoms with Crippen molar-refractivity contribution in [2.45, 2.75) is 18.6 Å². The van der Waals surface area contributed by atoms with Crippen molar-refractivity contribution in [2.75, 3.05) is 18.4 Å². The highest BCUT2D eigenvalue weighted by atomic mass is 16.3. The molecule has 0 saturated carbocycles. The molecule has 1 aromatic rings. The number of anilines is 1. The summed E-state index contributed by atoms with van der Waals surface area (Å²) in [7, 11) is 0. The SMILES string of the molecule is C=CCNC(=O)c1ccc(NC(=O)C2CC(O)CN2)cc1. The van der Waals surface area contributed by atoms with Crippen LogP contribution in [0.1, 0.15) is 16.8 Å². The van der Waals surface area contributed by atoms with Crippen molar-refractivity contribution in [3.8, 4) is 0 Å². The van der Waals surface area contributed by atoms with E-state index in [1.165, 1.54) is 0 Å². The Bertz CT molecular complexity index is 527. The summed E-state index contributed by atoms with van der Waals surface area (Å²) in [5, 5.41) is 17.8. The van der Waals surface area contributed by atoms with Gasteiger partial charge in [0.15, 0.2) is 0 Å². The Morgan fingerprint density at radius 2 is 2.10 bits per heavy atom. The molecular weight excluding hydrogens is 270 g/mol. The molecule has 2 rings (SSSR count). The summed E-state index contributed by atoms with van der Waals surface area (Å²) in [6.07, 6.45) is 1.54. The average molecular weight is 289 g/mol. The molecule has 1 aliphatic rings. The Morgan fingerprint density at radius 1 is 1.38 bits per heavy atom. The Morgan fingerprint density at radius 3 is 2.67 bits per heavy atom. The first-order valence-electron chi connectivity index (χ1n) is 6.81. The van der Waals surface area contributed by atoms with Crippen LogP contribution in [0.25, 0.3) is 0 Å². The topological polar surface area (TPSA) is 90.5 Å². The molecule has 21 heavy (non-hydrogen) atoms. The van der Waals surface area contributed by atoms with E-state index < -0.39 is 6.10 Å². The van der Waals surface area contributed by atoms with Crippen molar-refractivity contribution < 1.29 is 14.7 Å². The van der Waals surface area contributed by atoms with E-state index >= 15 is 0 Å². The smallest absolute Gasteiger partial charge is 0.251 e. The highest BCUT2D eigenvalue weighted by Gasteiger charge is 2.27. The minimum Gasteiger partial charge on any atom is -0.392 e. The van der Waals surface area contributed by atoms with Crippen molar-refractivity contribution in [3.63, 3.8) is 0 Å². The van der Waals surface area contributed by atoms with Gasteiger partial charge in [-0.2, -0.15) is 0 Å². The van der Waals surface area contributed by atoms with Crippen LogP contribution in [0.15, 0.2) is 36.9 Å². The first-order chi connectivity index (χ1) is 10.1. The predicted molar refractivity (Wildman–Crippen MR) is 80.0 cm³/mol. The van der Waals surface area contributed by atoms with Gasteiger partial charge in [0.2, 0.25) is 5.91 Å². The number of aliphatic hydroxyl groups is 1. The van der Waals surface area contributed by atoms with E-state index in [0.29, 0.717) is 30.8 Å². The van der Waals surface area contributed by atoms with Crippen molar-refractivity contribution in [1.29, 1.82) is 0 Å². The van der Waals surface area contributed by atoms with E-state index in [1.807, 2.05) is 0 Å². The van der Waals surface area contributed by atoms with E-state index in [-0.39, 0.29) is 17.9 Å². The maximum Gasteiger partial charge on any atom is 0.251 e. The summed E-state index contributed by atoms with van der Waals surface area (Å²) in [5.74, 6) is -0.372. The molecule has 6 heteroatoms. The lowest BCUT2D eigenvalue weighted by atomic mass is 10.1. The minimum atomic E-state index is -0.475. The Labute approximate surface area is 123 Å². The van der Waals surface area contributed by atoms with Gasteiger partial charge in [0.05, 0.1) is 12.1 Å². The van der Waals surface area contributed by atoms with Crippen molar-refractivity contribution >= 4 is 17.5 Å². The number of nitrogens with one attached hydrogen (secondary N) is 3. The second-order valence-electron chi connectivity index (χ2n) is 4.92. The second-order valence-corrected chi connectivity index (χ2v) is 4.92. The molecule has 0 aromatic heterocycles. The lowest BCUT2D eigenvalue weighted by Gasteiger charge is -2.11. The standard InChI is InChI=1S/C15H19N3O3/c1-2-7-16-14(20)10-3-5-11(6-4-10)18-15(21)13-8-12(19)9-17-13/h2-6,12-13,17,19H,1,7-9H2,(H,16,20)(H,18,21). The van der Waals surface area contributed by atoms with Crippen LogP contribution in [0.4, 0.5) is 5.69 Å². The lowest BCUT2D eigenvalue weighted by molar-refractivity contribution is -0.117. The number of benzene rings is 1. The lowest BCUT2D eigenvalue weighted by Crippen LogP contribution is -2.35. The number of carbonyl (C=O) groups is 2. The van der Waals surface area contributed by atoms with Crippen LogP contribution < -0.4 is 16.0 Å². The van der Waals surface area contributed by atoms with Crippen LogP contribution in [-0.4, -0.2) is 42.2 Å². The summed E-state index contributed by atoms with van der Waals surface area (Å²) in [4.78, 5) is 23.6.